The van der Waals surface area contributed by atoms with Crippen molar-refractivity contribution in [2.24, 2.45) is 0 Å². The smallest absolute Gasteiger partial charge is 0.335 e. The molecule has 1 saturated heterocycles. The fraction of sp³-hybridized carbons (Fsp3) is 0.500. The predicted molar refractivity (Wildman–Crippen MR) is 81.1 cm³/mol. The summed E-state index contributed by atoms with van der Waals surface area (Å²) in [6, 6.07) is 5.57. The first-order chi connectivity index (χ1) is 10.1. The van der Waals surface area contributed by atoms with Gasteiger partial charge in [-0.15, -0.1) is 0 Å². The van der Waals surface area contributed by atoms with E-state index in [1.807, 2.05) is 27.7 Å². The second-order valence-electron chi connectivity index (χ2n) is 6.89. The van der Waals surface area contributed by atoms with Gasteiger partial charge in [-0.3, -0.25) is 4.79 Å². The van der Waals surface area contributed by atoms with Crippen molar-refractivity contribution in [3.63, 3.8) is 0 Å². The van der Waals surface area contributed by atoms with Gasteiger partial charge in [0.2, 0.25) is 0 Å². The van der Waals surface area contributed by atoms with Crippen LogP contribution in [0.4, 0.5) is 0 Å². The Morgan fingerprint density at radius 3 is 2.05 bits per heavy atom. The largest absolute Gasteiger partial charge is 0.478 e. The lowest BCUT2D eigenvalue weighted by atomic mass is 9.94. The summed E-state index contributed by atoms with van der Waals surface area (Å²) < 4.78 is 0. The van der Waals surface area contributed by atoms with Crippen LogP contribution in [0.15, 0.2) is 24.3 Å². The van der Waals surface area contributed by atoms with Crippen LogP contribution in [0.2, 0.25) is 0 Å². The van der Waals surface area contributed by atoms with E-state index in [9.17, 15) is 14.8 Å². The zero-order chi connectivity index (χ0) is 16.7. The third-order valence-corrected chi connectivity index (χ3v) is 4.38. The minimum absolute atomic E-state index is 0.139. The molecule has 6 nitrogen and oxygen atoms in total. The van der Waals surface area contributed by atoms with Gasteiger partial charge in [-0.25, -0.2) is 4.79 Å². The molecule has 0 saturated carbocycles. The average molecular weight is 306 g/mol. The molecule has 120 valence electrons. The molecule has 1 aromatic rings. The fourth-order valence-electron chi connectivity index (χ4n) is 3.00. The summed E-state index contributed by atoms with van der Waals surface area (Å²) >= 11 is 0. The molecule has 1 amide bonds. The Balaban J connectivity index is 2.14. The molecule has 1 aromatic carbocycles. The molecule has 1 aliphatic rings. The number of carbonyl (C=O) groups excluding carboxylic acids is 1. The molecule has 1 heterocycles. The molecule has 3 N–H and O–H groups in total. The van der Waals surface area contributed by atoms with E-state index in [0.717, 1.165) is 0 Å². The minimum atomic E-state index is -1.03. The highest BCUT2D eigenvalue weighted by atomic mass is 16.5. The summed E-state index contributed by atoms with van der Waals surface area (Å²) in [6.07, 6.45) is 0.620. The molecule has 0 bridgehead atoms. The maximum atomic E-state index is 12.3. The van der Waals surface area contributed by atoms with Gasteiger partial charge in [-0.1, -0.05) is 0 Å². The minimum Gasteiger partial charge on any atom is -0.478 e. The number of hydroxylamine groups is 2. The van der Waals surface area contributed by atoms with Crippen LogP contribution >= 0.6 is 0 Å². The number of nitrogens with zero attached hydrogens (tertiary/aromatic N) is 1. The normalized spacial score (nSPS) is 23.2. The Hall–Kier alpha value is -1.92. The van der Waals surface area contributed by atoms with Crippen molar-refractivity contribution in [3.05, 3.63) is 35.4 Å². The molecule has 2 rings (SSSR count). The number of carboxylic acids is 1. The van der Waals surface area contributed by atoms with Crippen LogP contribution in [0.3, 0.4) is 0 Å². The standard InChI is InChI=1S/C16H22N2O4/c1-15(2)9-12(16(3,4)18(15)22)17-13(19)10-5-7-11(8-6-10)14(20)21/h5-8,12,22H,9H2,1-4H3,(H,17,19)(H,20,21). The predicted octanol–water partition coefficient (Wildman–Crippen LogP) is 2.14. The van der Waals surface area contributed by atoms with Gasteiger partial charge in [-0.05, 0) is 58.4 Å². The fourth-order valence-corrected chi connectivity index (χ4v) is 3.00. The van der Waals surface area contributed by atoms with Crippen LogP contribution in [-0.4, -0.2) is 44.4 Å². The molecule has 0 spiro atoms. The van der Waals surface area contributed by atoms with Gasteiger partial charge in [0, 0.05) is 11.1 Å². The van der Waals surface area contributed by atoms with E-state index in [0.29, 0.717) is 12.0 Å². The highest BCUT2D eigenvalue weighted by Gasteiger charge is 2.51. The summed E-state index contributed by atoms with van der Waals surface area (Å²) in [4.78, 5) is 23.1. The molecule has 1 unspecified atom stereocenters. The van der Waals surface area contributed by atoms with Crippen LogP contribution in [0.1, 0.15) is 54.8 Å². The van der Waals surface area contributed by atoms with Crippen molar-refractivity contribution in [2.75, 3.05) is 0 Å². The first-order valence-electron chi connectivity index (χ1n) is 7.19. The van der Waals surface area contributed by atoms with E-state index in [4.69, 9.17) is 5.11 Å². The lowest BCUT2D eigenvalue weighted by molar-refractivity contribution is -0.193. The Kier molecular flexibility index (Phi) is 4.02. The van der Waals surface area contributed by atoms with Crippen LogP contribution in [0.5, 0.6) is 0 Å². The molecule has 0 aliphatic carbocycles. The maximum absolute atomic E-state index is 12.3. The summed E-state index contributed by atoms with van der Waals surface area (Å²) in [5.41, 5.74) is -0.468. The molecule has 0 radical (unpaired) electrons. The second kappa shape index (κ2) is 5.37. The number of rotatable bonds is 3. The third-order valence-electron chi connectivity index (χ3n) is 4.38. The van der Waals surface area contributed by atoms with Crippen molar-refractivity contribution in [1.29, 1.82) is 0 Å². The summed E-state index contributed by atoms with van der Waals surface area (Å²) in [5.74, 6) is -1.30. The first kappa shape index (κ1) is 16.5. The van der Waals surface area contributed by atoms with E-state index >= 15 is 0 Å². The summed E-state index contributed by atoms with van der Waals surface area (Å²) in [6.45, 7) is 7.59. The molecule has 1 fully saturated rings. The van der Waals surface area contributed by atoms with Crippen LogP contribution in [-0.2, 0) is 0 Å². The van der Waals surface area contributed by atoms with E-state index in [2.05, 4.69) is 5.32 Å². The number of amides is 1. The molecule has 0 aromatic heterocycles. The van der Waals surface area contributed by atoms with Gasteiger partial charge in [0.1, 0.15) is 0 Å². The first-order valence-corrected chi connectivity index (χ1v) is 7.19. The van der Waals surface area contributed by atoms with Crippen LogP contribution in [0, 0.1) is 0 Å². The molecule has 1 aliphatic heterocycles. The highest BCUT2D eigenvalue weighted by Crippen LogP contribution is 2.39. The van der Waals surface area contributed by atoms with Crippen molar-refractivity contribution in [1.82, 2.24) is 10.4 Å². The third kappa shape index (κ3) is 2.84. The zero-order valence-electron chi connectivity index (χ0n) is 13.3. The van der Waals surface area contributed by atoms with Gasteiger partial charge in [0.25, 0.3) is 5.91 Å². The van der Waals surface area contributed by atoms with Crippen molar-refractivity contribution >= 4 is 11.9 Å². The lowest BCUT2D eigenvalue weighted by Gasteiger charge is -2.35. The van der Waals surface area contributed by atoms with Gasteiger partial charge in [-0.2, -0.15) is 5.06 Å². The number of aromatic carboxylic acids is 1. The zero-order valence-corrected chi connectivity index (χ0v) is 13.3. The lowest BCUT2D eigenvalue weighted by Crippen LogP contribution is -2.53. The van der Waals surface area contributed by atoms with Crippen molar-refractivity contribution in [3.8, 4) is 0 Å². The maximum Gasteiger partial charge on any atom is 0.335 e. The van der Waals surface area contributed by atoms with E-state index in [1.54, 1.807) is 0 Å². The highest BCUT2D eigenvalue weighted by molar-refractivity contribution is 5.96. The number of nitrogens with one attached hydrogen (secondary N) is 1. The van der Waals surface area contributed by atoms with Crippen molar-refractivity contribution < 1.29 is 19.9 Å². The van der Waals surface area contributed by atoms with E-state index < -0.39 is 17.0 Å². The Morgan fingerprint density at radius 1 is 1.14 bits per heavy atom. The molecule has 1 atom stereocenters. The number of benzene rings is 1. The Labute approximate surface area is 129 Å². The SMILES string of the molecule is CC1(C)CC(NC(=O)c2ccc(C(=O)O)cc2)C(C)(C)N1O. The number of hydrogen-bond acceptors (Lipinski definition) is 4. The van der Waals surface area contributed by atoms with Crippen LogP contribution in [0.25, 0.3) is 0 Å². The van der Waals surface area contributed by atoms with Gasteiger partial charge >= 0.3 is 5.97 Å². The Bertz CT molecular complexity index is 593. The monoisotopic (exact) mass is 306 g/mol. The Morgan fingerprint density at radius 2 is 1.64 bits per heavy atom. The molecule has 22 heavy (non-hydrogen) atoms. The average Bonchev–Trinajstić information content (AvgIpc) is 2.59. The number of carboxylic acid groups (broad SMARTS) is 1. The van der Waals surface area contributed by atoms with Crippen molar-refractivity contribution in [2.45, 2.75) is 51.2 Å². The second-order valence-corrected chi connectivity index (χ2v) is 6.89. The number of hydrogen-bond donors (Lipinski definition) is 3. The van der Waals surface area contributed by atoms with Gasteiger partial charge < -0.3 is 15.6 Å². The van der Waals surface area contributed by atoms with Gasteiger partial charge in [0.05, 0.1) is 17.1 Å². The summed E-state index contributed by atoms with van der Waals surface area (Å²) in [7, 11) is 0. The van der Waals surface area contributed by atoms with Crippen LogP contribution < -0.4 is 5.32 Å². The summed E-state index contributed by atoms with van der Waals surface area (Å²) in [5, 5.41) is 23.3. The van der Waals surface area contributed by atoms with Gasteiger partial charge in [0.15, 0.2) is 0 Å². The van der Waals surface area contributed by atoms with E-state index in [-0.39, 0.29) is 17.5 Å². The topological polar surface area (TPSA) is 89.9 Å². The molecular formula is C16H22N2O4. The molecular weight excluding hydrogens is 284 g/mol. The number of carbonyl (C=O) groups is 2. The quantitative estimate of drug-likeness (QED) is 0.796. The molecule has 6 heteroatoms. The van der Waals surface area contributed by atoms with E-state index in [1.165, 1.54) is 29.3 Å².